The second-order valence-corrected chi connectivity index (χ2v) is 5.21. The van der Waals surface area contributed by atoms with Crippen LogP contribution >= 0.6 is 34.8 Å². The predicted octanol–water partition coefficient (Wildman–Crippen LogP) is 3.92. The Hall–Kier alpha value is -1.49. The molecule has 0 saturated heterocycles. The molecule has 0 spiro atoms. The highest BCUT2D eigenvalue weighted by Crippen LogP contribution is 2.40. The molecule has 7 heteroatoms. The predicted molar refractivity (Wildman–Crippen MR) is 80.5 cm³/mol. The maximum absolute atomic E-state index is 10.8. The van der Waals surface area contributed by atoms with Gasteiger partial charge in [-0.1, -0.05) is 34.8 Å². The van der Waals surface area contributed by atoms with Gasteiger partial charge in [0.2, 0.25) is 0 Å². The summed E-state index contributed by atoms with van der Waals surface area (Å²) in [6, 6.07) is 4.68. The lowest BCUT2D eigenvalue weighted by Gasteiger charge is -2.12. The summed E-state index contributed by atoms with van der Waals surface area (Å²) in [5, 5.41) is 9.74. The highest BCUT2D eigenvalue weighted by Gasteiger charge is 2.18. The molecule has 0 fully saturated rings. The highest BCUT2D eigenvalue weighted by molar-refractivity contribution is 6.46. The Balaban J connectivity index is 2.65. The quantitative estimate of drug-likeness (QED) is 0.836. The molecule has 0 aliphatic heterocycles. The molecule has 0 bridgehead atoms. The van der Waals surface area contributed by atoms with E-state index < -0.39 is 5.97 Å². The fourth-order valence-electron chi connectivity index (χ4n) is 1.77. The summed E-state index contributed by atoms with van der Waals surface area (Å²) in [6.07, 6.45) is 1.24. The van der Waals surface area contributed by atoms with Crippen molar-refractivity contribution >= 4 is 46.5 Å². The second-order valence-electron chi connectivity index (χ2n) is 4.02. The van der Waals surface area contributed by atoms with E-state index in [0.29, 0.717) is 26.9 Å². The molecule has 104 valence electrons. The third kappa shape index (κ3) is 2.82. The van der Waals surface area contributed by atoms with Crippen LogP contribution < -0.4 is 5.73 Å². The van der Waals surface area contributed by atoms with Crippen molar-refractivity contribution < 1.29 is 9.90 Å². The molecule has 1 aromatic heterocycles. The molecule has 0 aliphatic carbocycles. The molecule has 0 radical (unpaired) electrons. The van der Waals surface area contributed by atoms with Crippen LogP contribution in [-0.2, 0) is 11.2 Å². The number of benzene rings is 1. The van der Waals surface area contributed by atoms with E-state index in [0.717, 1.165) is 0 Å². The van der Waals surface area contributed by atoms with Gasteiger partial charge in [-0.2, -0.15) is 0 Å². The molecular formula is C13H9Cl3N2O2. The smallest absolute Gasteiger partial charge is 0.307 e. The number of carboxylic acid groups (broad SMARTS) is 1. The summed E-state index contributed by atoms with van der Waals surface area (Å²) in [4.78, 5) is 14.9. The van der Waals surface area contributed by atoms with Crippen molar-refractivity contribution in [2.24, 2.45) is 0 Å². The topological polar surface area (TPSA) is 76.2 Å². The second kappa shape index (κ2) is 5.87. The molecule has 0 atom stereocenters. The Morgan fingerprint density at radius 3 is 2.50 bits per heavy atom. The molecule has 0 saturated carbocycles. The van der Waals surface area contributed by atoms with Crippen molar-refractivity contribution in [3.63, 3.8) is 0 Å². The first-order chi connectivity index (χ1) is 9.41. The standard InChI is InChI=1S/C13H9Cl3N2O2/c14-7-1-2-8(15)11(16)10(7)13-12(17)6(3-4-18-13)5-9(19)20/h1-4H,5,17H2,(H,19,20). The van der Waals surface area contributed by atoms with Crippen LogP contribution in [0.3, 0.4) is 0 Å². The Kier molecular flexibility index (Phi) is 4.38. The fraction of sp³-hybridized carbons (Fsp3) is 0.0769. The van der Waals surface area contributed by atoms with Gasteiger partial charge in [-0.05, 0) is 23.8 Å². The van der Waals surface area contributed by atoms with Crippen molar-refractivity contribution in [1.29, 1.82) is 0 Å². The third-order valence-corrected chi connectivity index (χ3v) is 3.82. The van der Waals surface area contributed by atoms with E-state index in [9.17, 15) is 4.79 Å². The number of pyridine rings is 1. The zero-order valence-electron chi connectivity index (χ0n) is 10.0. The van der Waals surface area contributed by atoms with Gasteiger partial charge in [0.1, 0.15) is 0 Å². The van der Waals surface area contributed by atoms with Crippen molar-refractivity contribution in [3.05, 3.63) is 45.0 Å². The number of hydrogen-bond acceptors (Lipinski definition) is 3. The zero-order valence-corrected chi connectivity index (χ0v) is 12.3. The van der Waals surface area contributed by atoms with Gasteiger partial charge >= 0.3 is 5.97 Å². The van der Waals surface area contributed by atoms with Crippen LogP contribution in [0.5, 0.6) is 0 Å². The Morgan fingerprint density at radius 1 is 1.20 bits per heavy atom. The molecular weight excluding hydrogens is 323 g/mol. The lowest BCUT2D eigenvalue weighted by atomic mass is 10.0. The minimum atomic E-state index is -0.989. The molecule has 1 aromatic carbocycles. The van der Waals surface area contributed by atoms with Crippen molar-refractivity contribution in [2.45, 2.75) is 6.42 Å². The molecule has 2 rings (SSSR count). The number of nitrogens with two attached hydrogens (primary N) is 1. The van der Waals surface area contributed by atoms with E-state index >= 15 is 0 Å². The SMILES string of the molecule is Nc1c(CC(=O)O)ccnc1-c1c(Cl)ccc(Cl)c1Cl. The summed E-state index contributed by atoms with van der Waals surface area (Å²) in [5.41, 5.74) is 7.34. The van der Waals surface area contributed by atoms with E-state index in [1.165, 1.54) is 6.20 Å². The number of hydrogen-bond donors (Lipinski definition) is 2. The Bertz CT molecular complexity index is 690. The van der Waals surface area contributed by atoms with E-state index in [2.05, 4.69) is 4.98 Å². The Labute approximate surface area is 130 Å². The fourth-order valence-corrected chi connectivity index (χ4v) is 2.48. The molecule has 20 heavy (non-hydrogen) atoms. The summed E-state index contributed by atoms with van der Waals surface area (Å²) in [5.74, 6) is -0.989. The molecule has 3 N–H and O–H groups in total. The summed E-state index contributed by atoms with van der Waals surface area (Å²) in [6.45, 7) is 0. The number of nitrogen functional groups attached to an aromatic ring is 1. The van der Waals surface area contributed by atoms with Gasteiger partial charge in [0, 0.05) is 11.8 Å². The third-order valence-electron chi connectivity index (χ3n) is 2.70. The number of carboxylic acids is 1. The number of anilines is 1. The molecule has 0 amide bonds. The largest absolute Gasteiger partial charge is 0.481 e. The molecule has 0 unspecified atom stereocenters. The van der Waals surface area contributed by atoms with Gasteiger partial charge in [0.05, 0.1) is 32.9 Å². The van der Waals surface area contributed by atoms with Gasteiger partial charge in [-0.15, -0.1) is 0 Å². The van der Waals surface area contributed by atoms with Gasteiger partial charge in [0.15, 0.2) is 0 Å². The van der Waals surface area contributed by atoms with Crippen LogP contribution in [-0.4, -0.2) is 16.1 Å². The minimum absolute atomic E-state index is 0.211. The lowest BCUT2D eigenvalue weighted by Crippen LogP contribution is -2.06. The van der Waals surface area contributed by atoms with Gasteiger partial charge in [0.25, 0.3) is 0 Å². The number of aliphatic carboxylic acids is 1. The van der Waals surface area contributed by atoms with Crippen LogP contribution in [0.2, 0.25) is 15.1 Å². The van der Waals surface area contributed by atoms with Crippen molar-refractivity contribution in [2.75, 3.05) is 5.73 Å². The van der Waals surface area contributed by atoms with Crippen LogP contribution in [0.4, 0.5) is 5.69 Å². The van der Waals surface area contributed by atoms with Gasteiger partial charge in [-0.25, -0.2) is 0 Å². The summed E-state index contributed by atoms with van der Waals surface area (Å²) in [7, 11) is 0. The van der Waals surface area contributed by atoms with Crippen LogP contribution in [0.25, 0.3) is 11.3 Å². The number of rotatable bonds is 3. The summed E-state index contributed by atoms with van der Waals surface area (Å²) < 4.78 is 0. The van der Waals surface area contributed by atoms with E-state index in [1.54, 1.807) is 18.2 Å². The van der Waals surface area contributed by atoms with E-state index in [1.807, 2.05) is 0 Å². The monoisotopic (exact) mass is 330 g/mol. The summed E-state index contributed by atoms with van der Waals surface area (Å²) >= 11 is 18.2. The first kappa shape index (κ1) is 14.9. The first-order valence-corrected chi connectivity index (χ1v) is 6.64. The minimum Gasteiger partial charge on any atom is -0.481 e. The van der Waals surface area contributed by atoms with E-state index in [-0.39, 0.29) is 17.1 Å². The first-order valence-electron chi connectivity index (χ1n) is 5.50. The van der Waals surface area contributed by atoms with Crippen LogP contribution in [0, 0.1) is 0 Å². The van der Waals surface area contributed by atoms with Crippen molar-refractivity contribution in [1.82, 2.24) is 4.98 Å². The Morgan fingerprint density at radius 2 is 1.85 bits per heavy atom. The average Bonchev–Trinajstić information content (AvgIpc) is 2.38. The molecule has 4 nitrogen and oxygen atoms in total. The molecule has 2 aromatic rings. The maximum Gasteiger partial charge on any atom is 0.307 e. The normalized spacial score (nSPS) is 10.6. The van der Waals surface area contributed by atoms with Crippen LogP contribution in [0.15, 0.2) is 24.4 Å². The maximum atomic E-state index is 10.8. The highest BCUT2D eigenvalue weighted by atomic mass is 35.5. The average molecular weight is 332 g/mol. The van der Waals surface area contributed by atoms with Gasteiger partial charge < -0.3 is 10.8 Å². The number of carbonyl (C=O) groups is 1. The van der Waals surface area contributed by atoms with Crippen molar-refractivity contribution in [3.8, 4) is 11.3 Å². The molecule has 1 heterocycles. The lowest BCUT2D eigenvalue weighted by molar-refractivity contribution is -0.136. The van der Waals surface area contributed by atoms with Crippen LogP contribution in [0.1, 0.15) is 5.56 Å². The number of aromatic nitrogens is 1. The van der Waals surface area contributed by atoms with Gasteiger partial charge in [-0.3, -0.25) is 9.78 Å². The molecule has 0 aliphatic rings. The van der Waals surface area contributed by atoms with E-state index in [4.69, 9.17) is 45.6 Å². The number of nitrogens with zero attached hydrogens (tertiary/aromatic N) is 1. The number of halogens is 3. The zero-order chi connectivity index (χ0) is 14.9.